The van der Waals surface area contributed by atoms with Crippen LogP contribution >= 0.6 is 15.9 Å². The second-order valence-electron chi connectivity index (χ2n) is 4.74. The summed E-state index contributed by atoms with van der Waals surface area (Å²) < 4.78 is 1.01. The van der Waals surface area contributed by atoms with Crippen LogP contribution < -0.4 is 5.32 Å². The summed E-state index contributed by atoms with van der Waals surface area (Å²) in [6, 6.07) is 9.77. The van der Waals surface area contributed by atoms with Gasteiger partial charge in [-0.3, -0.25) is 9.78 Å². The van der Waals surface area contributed by atoms with Gasteiger partial charge in [-0.1, -0.05) is 28.1 Å². The van der Waals surface area contributed by atoms with E-state index in [2.05, 4.69) is 26.2 Å². The molecule has 0 saturated heterocycles. The molecule has 1 aromatic heterocycles. The highest BCUT2D eigenvalue weighted by Gasteiger charge is 2.16. The molecule has 5 heteroatoms. The van der Waals surface area contributed by atoms with Crippen LogP contribution in [0.5, 0.6) is 0 Å². The van der Waals surface area contributed by atoms with Crippen LogP contribution in [0.15, 0.2) is 47.2 Å². The highest BCUT2D eigenvalue weighted by atomic mass is 79.9. The van der Waals surface area contributed by atoms with Crippen molar-refractivity contribution in [2.24, 2.45) is 0 Å². The van der Waals surface area contributed by atoms with Crippen LogP contribution in [0.3, 0.4) is 0 Å². The van der Waals surface area contributed by atoms with Crippen molar-refractivity contribution in [3.63, 3.8) is 0 Å². The number of halogens is 1. The van der Waals surface area contributed by atoms with Crippen molar-refractivity contribution in [2.45, 2.75) is 13.5 Å². The van der Waals surface area contributed by atoms with Crippen LogP contribution in [0.1, 0.15) is 22.8 Å². The van der Waals surface area contributed by atoms with E-state index >= 15 is 0 Å². The number of carbonyl (C=O) groups is 1. The summed E-state index contributed by atoms with van der Waals surface area (Å²) >= 11 is 3.44. The predicted molar refractivity (Wildman–Crippen MR) is 88.3 cm³/mol. The Morgan fingerprint density at radius 1 is 1.38 bits per heavy atom. The average molecular weight is 348 g/mol. The summed E-state index contributed by atoms with van der Waals surface area (Å²) in [6.45, 7) is 3.32. The molecule has 0 fully saturated rings. The van der Waals surface area contributed by atoms with E-state index in [9.17, 15) is 4.79 Å². The zero-order chi connectivity index (χ0) is 15.2. The first-order valence-corrected chi connectivity index (χ1v) is 7.59. The summed E-state index contributed by atoms with van der Waals surface area (Å²) in [5.41, 5.74) is 2.49. The smallest absolute Gasteiger partial charge is 0.257 e. The minimum Gasteiger partial charge on any atom is -0.385 e. The van der Waals surface area contributed by atoms with Crippen LogP contribution in [0.2, 0.25) is 0 Å². The maximum atomic E-state index is 12.6. The predicted octanol–water partition coefficient (Wildman–Crippen LogP) is 3.55. The second kappa shape index (κ2) is 7.22. The van der Waals surface area contributed by atoms with E-state index in [1.807, 2.05) is 37.3 Å². The van der Waals surface area contributed by atoms with Crippen molar-refractivity contribution < 1.29 is 4.79 Å². The summed E-state index contributed by atoms with van der Waals surface area (Å²) in [5, 5.41) is 3.19. The van der Waals surface area contributed by atoms with E-state index in [-0.39, 0.29) is 5.91 Å². The van der Waals surface area contributed by atoms with Gasteiger partial charge in [0.15, 0.2) is 0 Å². The Hall–Kier alpha value is -1.88. The van der Waals surface area contributed by atoms with E-state index in [0.717, 1.165) is 22.3 Å². The maximum absolute atomic E-state index is 12.6. The van der Waals surface area contributed by atoms with Crippen molar-refractivity contribution in [3.05, 3.63) is 58.3 Å². The molecule has 0 bridgehead atoms. The Bertz CT molecular complexity index is 630. The number of aromatic nitrogens is 1. The van der Waals surface area contributed by atoms with E-state index < -0.39 is 0 Å². The second-order valence-corrected chi connectivity index (χ2v) is 5.66. The Morgan fingerprint density at radius 3 is 2.90 bits per heavy atom. The molecule has 1 amide bonds. The molecule has 0 radical (unpaired) electrons. The van der Waals surface area contributed by atoms with E-state index in [0.29, 0.717) is 12.1 Å². The number of carbonyl (C=O) groups excluding carboxylic acids is 1. The maximum Gasteiger partial charge on any atom is 0.257 e. The number of benzene rings is 1. The number of amides is 1. The third-order valence-corrected chi connectivity index (χ3v) is 3.57. The molecule has 4 nitrogen and oxygen atoms in total. The average Bonchev–Trinajstić information content (AvgIpc) is 2.47. The Kier molecular flexibility index (Phi) is 5.33. The quantitative estimate of drug-likeness (QED) is 0.899. The Labute approximate surface area is 133 Å². The lowest BCUT2D eigenvalue weighted by atomic mass is 10.1. The number of hydrogen-bond acceptors (Lipinski definition) is 3. The molecule has 110 valence electrons. The number of nitrogens with zero attached hydrogens (tertiary/aromatic N) is 2. The first kappa shape index (κ1) is 15.5. The van der Waals surface area contributed by atoms with Gasteiger partial charge in [-0.05, 0) is 30.7 Å². The zero-order valence-electron chi connectivity index (χ0n) is 12.1. The first-order chi connectivity index (χ1) is 10.1. The Morgan fingerprint density at radius 2 is 2.19 bits per heavy atom. The van der Waals surface area contributed by atoms with Crippen LogP contribution in [-0.4, -0.2) is 29.4 Å². The molecule has 21 heavy (non-hydrogen) atoms. The first-order valence-electron chi connectivity index (χ1n) is 6.79. The van der Waals surface area contributed by atoms with Gasteiger partial charge in [0.2, 0.25) is 0 Å². The normalized spacial score (nSPS) is 10.2. The fraction of sp³-hybridized carbons (Fsp3) is 0.250. The van der Waals surface area contributed by atoms with E-state index in [1.165, 1.54) is 0 Å². The zero-order valence-corrected chi connectivity index (χ0v) is 13.7. The molecular formula is C16H18BrN3O. The number of hydrogen-bond donors (Lipinski definition) is 1. The minimum atomic E-state index is -0.0426. The standard InChI is InChI=1S/C16H18BrN3O/c1-3-19-15-7-8-18-10-14(15)16(21)20(2)11-12-5-4-6-13(17)9-12/h4-10H,3,11H2,1-2H3,(H,18,19). The molecule has 0 saturated carbocycles. The highest BCUT2D eigenvalue weighted by Crippen LogP contribution is 2.18. The van der Waals surface area contributed by atoms with Gasteiger partial charge in [0.1, 0.15) is 0 Å². The molecule has 1 N–H and O–H groups in total. The van der Waals surface area contributed by atoms with Gasteiger partial charge >= 0.3 is 0 Å². The lowest BCUT2D eigenvalue weighted by molar-refractivity contribution is 0.0785. The van der Waals surface area contributed by atoms with Crippen molar-refractivity contribution >= 4 is 27.5 Å². The van der Waals surface area contributed by atoms with Crippen LogP contribution in [0, 0.1) is 0 Å². The van der Waals surface area contributed by atoms with Crippen molar-refractivity contribution in [1.82, 2.24) is 9.88 Å². The molecule has 1 heterocycles. The van der Waals surface area contributed by atoms with E-state index in [4.69, 9.17) is 0 Å². The molecule has 0 atom stereocenters. The van der Waals surface area contributed by atoms with Crippen LogP contribution in [-0.2, 0) is 6.54 Å². The number of anilines is 1. The molecular weight excluding hydrogens is 330 g/mol. The monoisotopic (exact) mass is 347 g/mol. The number of rotatable bonds is 5. The topological polar surface area (TPSA) is 45.2 Å². The third kappa shape index (κ3) is 4.04. The molecule has 2 aromatic rings. The fourth-order valence-corrected chi connectivity index (χ4v) is 2.54. The summed E-state index contributed by atoms with van der Waals surface area (Å²) in [6.07, 6.45) is 3.29. The van der Waals surface area contributed by atoms with Gasteiger partial charge in [0, 0.05) is 37.0 Å². The molecule has 1 aromatic carbocycles. The van der Waals surface area contributed by atoms with Crippen LogP contribution in [0.25, 0.3) is 0 Å². The SMILES string of the molecule is CCNc1ccncc1C(=O)N(C)Cc1cccc(Br)c1. The molecule has 0 spiro atoms. The summed E-state index contributed by atoms with van der Waals surface area (Å²) in [5.74, 6) is -0.0426. The van der Waals surface area contributed by atoms with Gasteiger partial charge in [-0.2, -0.15) is 0 Å². The van der Waals surface area contributed by atoms with Gasteiger partial charge in [-0.25, -0.2) is 0 Å². The largest absolute Gasteiger partial charge is 0.385 e. The van der Waals surface area contributed by atoms with Crippen molar-refractivity contribution in [3.8, 4) is 0 Å². The molecule has 0 unspecified atom stereocenters. The Balaban J connectivity index is 2.16. The van der Waals surface area contributed by atoms with Crippen molar-refractivity contribution in [1.29, 1.82) is 0 Å². The minimum absolute atomic E-state index is 0.0426. The molecule has 0 aliphatic rings. The van der Waals surface area contributed by atoms with Gasteiger partial charge in [0.25, 0.3) is 5.91 Å². The third-order valence-electron chi connectivity index (χ3n) is 3.07. The number of nitrogens with one attached hydrogen (secondary N) is 1. The molecule has 0 aliphatic carbocycles. The summed E-state index contributed by atoms with van der Waals surface area (Å²) in [4.78, 5) is 18.3. The lowest BCUT2D eigenvalue weighted by Gasteiger charge is -2.19. The van der Waals surface area contributed by atoms with Crippen molar-refractivity contribution in [2.75, 3.05) is 18.9 Å². The summed E-state index contributed by atoms with van der Waals surface area (Å²) in [7, 11) is 1.80. The fourth-order valence-electron chi connectivity index (χ4n) is 2.10. The van der Waals surface area contributed by atoms with Gasteiger partial charge in [0.05, 0.1) is 11.3 Å². The molecule has 0 aliphatic heterocycles. The molecule has 2 rings (SSSR count). The number of pyridine rings is 1. The lowest BCUT2D eigenvalue weighted by Crippen LogP contribution is -2.27. The van der Waals surface area contributed by atoms with Gasteiger partial charge < -0.3 is 10.2 Å². The van der Waals surface area contributed by atoms with Gasteiger partial charge in [-0.15, -0.1) is 0 Å². The highest BCUT2D eigenvalue weighted by molar-refractivity contribution is 9.10. The van der Waals surface area contributed by atoms with Crippen LogP contribution in [0.4, 0.5) is 5.69 Å². The van der Waals surface area contributed by atoms with E-state index in [1.54, 1.807) is 24.3 Å².